The SMILES string of the molecule is Nc1ccc(-n2nnnc2C2CCCC2)cc1Br. The van der Waals surface area contributed by atoms with Gasteiger partial charge in [0.15, 0.2) is 5.82 Å². The van der Waals surface area contributed by atoms with Crippen LogP contribution in [0.15, 0.2) is 22.7 Å². The van der Waals surface area contributed by atoms with Gasteiger partial charge >= 0.3 is 0 Å². The van der Waals surface area contributed by atoms with Crippen LogP contribution in [-0.2, 0) is 0 Å². The second-order valence-electron chi connectivity index (χ2n) is 4.64. The summed E-state index contributed by atoms with van der Waals surface area (Å²) in [6, 6.07) is 5.75. The molecule has 0 spiro atoms. The number of halogens is 1. The maximum Gasteiger partial charge on any atom is 0.159 e. The highest BCUT2D eigenvalue weighted by molar-refractivity contribution is 9.10. The van der Waals surface area contributed by atoms with Gasteiger partial charge in [-0.2, -0.15) is 4.68 Å². The summed E-state index contributed by atoms with van der Waals surface area (Å²) in [6.45, 7) is 0. The smallest absolute Gasteiger partial charge is 0.159 e. The highest BCUT2D eigenvalue weighted by atomic mass is 79.9. The third-order valence-corrected chi connectivity index (χ3v) is 4.13. The van der Waals surface area contributed by atoms with Gasteiger partial charge in [-0.05, 0) is 57.4 Å². The van der Waals surface area contributed by atoms with E-state index in [0.717, 1.165) is 16.0 Å². The lowest BCUT2D eigenvalue weighted by Crippen LogP contribution is -2.07. The molecule has 0 amide bonds. The van der Waals surface area contributed by atoms with Crippen LogP contribution in [0.25, 0.3) is 5.69 Å². The van der Waals surface area contributed by atoms with Crippen LogP contribution in [-0.4, -0.2) is 20.2 Å². The van der Waals surface area contributed by atoms with Gasteiger partial charge < -0.3 is 5.73 Å². The molecule has 1 aromatic heterocycles. The minimum Gasteiger partial charge on any atom is -0.398 e. The molecule has 1 aliphatic carbocycles. The fourth-order valence-electron chi connectivity index (χ4n) is 2.46. The van der Waals surface area contributed by atoms with Gasteiger partial charge in [0.25, 0.3) is 0 Å². The molecule has 0 aliphatic heterocycles. The van der Waals surface area contributed by atoms with E-state index < -0.39 is 0 Å². The minimum atomic E-state index is 0.483. The van der Waals surface area contributed by atoms with Gasteiger partial charge in [0.1, 0.15) is 0 Å². The second-order valence-corrected chi connectivity index (χ2v) is 5.49. The predicted molar refractivity (Wildman–Crippen MR) is 72.5 cm³/mol. The molecule has 0 unspecified atom stereocenters. The van der Waals surface area contributed by atoms with Gasteiger partial charge in [0.05, 0.1) is 5.69 Å². The van der Waals surface area contributed by atoms with E-state index in [0.29, 0.717) is 11.6 Å². The number of rotatable bonds is 2. The van der Waals surface area contributed by atoms with Crippen molar-refractivity contribution < 1.29 is 0 Å². The predicted octanol–water partition coefficient (Wildman–Crippen LogP) is 2.66. The quantitative estimate of drug-likeness (QED) is 0.866. The van der Waals surface area contributed by atoms with Gasteiger partial charge in [-0.1, -0.05) is 12.8 Å². The zero-order valence-corrected chi connectivity index (χ0v) is 11.5. The molecule has 3 rings (SSSR count). The van der Waals surface area contributed by atoms with Crippen LogP contribution >= 0.6 is 15.9 Å². The number of benzene rings is 1. The van der Waals surface area contributed by atoms with Crippen LogP contribution in [0.4, 0.5) is 5.69 Å². The number of hydrogen-bond donors (Lipinski definition) is 1. The normalized spacial score (nSPS) is 16.3. The van der Waals surface area contributed by atoms with Crippen LogP contribution in [0.2, 0.25) is 0 Å². The Kier molecular flexibility index (Phi) is 3.03. The topological polar surface area (TPSA) is 69.6 Å². The molecule has 18 heavy (non-hydrogen) atoms. The molecule has 1 aliphatic rings. The molecule has 0 radical (unpaired) electrons. The second kappa shape index (κ2) is 4.68. The summed E-state index contributed by atoms with van der Waals surface area (Å²) in [6.07, 6.45) is 4.89. The van der Waals surface area contributed by atoms with Crippen LogP contribution in [0.3, 0.4) is 0 Å². The molecule has 1 saturated carbocycles. The Hall–Kier alpha value is -1.43. The number of aromatic nitrogens is 4. The lowest BCUT2D eigenvalue weighted by atomic mass is 10.1. The first-order valence-corrected chi connectivity index (χ1v) is 6.88. The van der Waals surface area contributed by atoms with Crippen LogP contribution in [0.1, 0.15) is 37.4 Å². The lowest BCUT2D eigenvalue weighted by molar-refractivity contribution is 0.636. The Morgan fingerprint density at radius 3 is 2.78 bits per heavy atom. The molecule has 94 valence electrons. The fraction of sp³-hybridized carbons (Fsp3) is 0.417. The number of hydrogen-bond acceptors (Lipinski definition) is 4. The molecule has 1 fully saturated rings. The van der Waals surface area contributed by atoms with Crippen molar-refractivity contribution in [3.63, 3.8) is 0 Å². The molecular weight excluding hydrogens is 294 g/mol. The first kappa shape index (κ1) is 11.6. The van der Waals surface area contributed by atoms with Gasteiger partial charge in [0.2, 0.25) is 0 Å². The largest absolute Gasteiger partial charge is 0.398 e. The van der Waals surface area contributed by atoms with Crippen molar-refractivity contribution in [3.8, 4) is 5.69 Å². The molecule has 1 heterocycles. The zero-order valence-electron chi connectivity index (χ0n) is 9.88. The van der Waals surface area contributed by atoms with Crippen LogP contribution in [0, 0.1) is 0 Å². The van der Waals surface area contributed by atoms with E-state index in [1.807, 2.05) is 22.9 Å². The summed E-state index contributed by atoms with van der Waals surface area (Å²) in [5, 5.41) is 12.1. The molecule has 0 bridgehead atoms. The molecule has 5 nitrogen and oxygen atoms in total. The maximum absolute atomic E-state index is 5.79. The van der Waals surface area contributed by atoms with Crippen molar-refractivity contribution in [2.45, 2.75) is 31.6 Å². The van der Waals surface area contributed by atoms with E-state index in [1.165, 1.54) is 25.7 Å². The fourth-order valence-corrected chi connectivity index (χ4v) is 2.83. The van der Waals surface area contributed by atoms with E-state index in [2.05, 4.69) is 31.5 Å². The lowest BCUT2D eigenvalue weighted by Gasteiger charge is -2.10. The molecule has 0 atom stereocenters. The number of nitrogen functional groups attached to an aromatic ring is 1. The number of tetrazole rings is 1. The number of anilines is 1. The van der Waals surface area contributed by atoms with E-state index >= 15 is 0 Å². The van der Waals surface area contributed by atoms with Gasteiger partial charge in [-0.25, -0.2) is 0 Å². The third-order valence-electron chi connectivity index (χ3n) is 3.44. The van der Waals surface area contributed by atoms with Crippen molar-refractivity contribution >= 4 is 21.6 Å². The Morgan fingerprint density at radius 1 is 1.28 bits per heavy atom. The first-order valence-electron chi connectivity index (χ1n) is 6.09. The summed E-state index contributed by atoms with van der Waals surface area (Å²) >= 11 is 3.43. The molecule has 0 saturated heterocycles. The van der Waals surface area contributed by atoms with E-state index in [1.54, 1.807) is 0 Å². The average Bonchev–Trinajstić information content (AvgIpc) is 3.00. The van der Waals surface area contributed by atoms with Crippen molar-refractivity contribution in [3.05, 3.63) is 28.5 Å². The van der Waals surface area contributed by atoms with Crippen molar-refractivity contribution in [1.82, 2.24) is 20.2 Å². The Balaban J connectivity index is 2.00. The van der Waals surface area contributed by atoms with E-state index in [9.17, 15) is 0 Å². The average molecular weight is 308 g/mol. The van der Waals surface area contributed by atoms with Gasteiger partial charge in [-0.3, -0.25) is 0 Å². The first-order chi connectivity index (χ1) is 8.75. The molecule has 1 aromatic carbocycles. The summed E-state index contributed by atoms with van der Waals surface area (Å²) in [5.41, 5.74) is 7.46. The van der Waals surface area contributed by atoms with Crippen molar-refractivity contribution in [2.75, 3.05) is 5.73 Å². The van der Waals surface area contributed by atoms with Crippen LogP contribution in [0.5, 0.6) is 0 Å². The summed E-state index contributed by atoms with van der Waals surface area (Å²) in [4.78, 5) is 0. The highest BCUT2D eigenvalue weighted by Crippen LogP contribution is 2.33. The Labute approximate surface area is 113 Å². The van der Waals surface area contributed by atoms with Crippen molar-refractivity contribution in [2.24, 2.45) is 0 Å². The Morgan fingerprint density at radius 2 is 2.06 bits per heavy atom. The van der Waals surface area contributed by atoms with Crippen LogP contribution < -0.4 is 5.73 Å². The summed E-state index contributed by atoms with van der Waals surface area (Å²) < 4.78 is 2.69. The van der Waals surface area contributed by atoms with Crippen molar-refractivity contribution in [1.29, 1.82) is 0 Å². The number of nitrogens with zero attached hydrogens (tertiary/aromatic N) is 4. The summed E-state index contributed by atoms with van der Waals surface area (Å²) in [5.74, 6) is 1.44. The molecule has 6 heteroatoms. The number of nitrogens with two attached hydrogens (primary N) is 1. The molecular formula is C12H14BrN5. The van der Waals surface area contributed by atoms with Gasteiger partial charge in [-0.15, -0.1) is 5.10 Å². The molecule has 2 N–H and O–H groups in total. The maximum atomic E-state index is 5.79. The Bertz CT molecular complexity index is 559. The van der Waals surface area contributed by atoms with Gasteiger partial charge in [0, 0.05) is 16.1 Å². The zero-order chi connectivity index (χ0) is 12.5. The molecule has 2 aromatic rings. The third kappa shape index (κ3) is 2.01. The standard InChI is InChI=1S/C12H14BrN5/c13-10-7-9(5-6-11(10)14)18-12(15-16-17-18)8-3-1-2-4-8/h5-8H,1-4,14H2. The van der Waals surface area contributed by atoms with E-state index in [-0.39, 0.29) is 0 Å². The highest BCUT2D eigenvalue weighted by Gasteiger charge is 2.23. The minimum absolute atomic E-state index is 0.483. The monoisotopic (exact) mass is 307 g/mol. The van der Waals surface area contributed by atoms with E-state index in [4.69, 9.17) is 5.73 Å². The summed E-state index contributed by atoms with van der Waals surface area (Å²) in [7, 11) is 0.